The average molecular weight is 292 g/mol. The van der Waals surface area contributed by atoms with Crippen LogP contribution in [0.5, 0.6) is 0 Å². The Bertz CT molecular complexity index is 691. The maximum Gasteiger partial charge on any atom is 0.303 e. The van der Waals surface area contributed by atoms with Crippen LogP contribution in [-0.4, -0.2) is 27.5 Å². The van der Waals surface area contributed by atoms with Gasteiger partial charge >= 0.3 is 5.97 Å². The molecule has 1 heterocycles. The van der Waals surface area contributed by atoms with Gasteiger partial charge in [0, 0.05) is 22.9 Å². The lowest BCUT2D eigenvalue weighted by atomic mass is 9.98. The summed E-state index contributed by atoms with van der Waals surface area (Å²) in [5.41, 5.74) is 0.349. The molecule has 3 N–H and O–H groups in total. The topological polar surface area (TPSA) is 82.2 Å². The first-order chi connectivity index (χ1) is 9.77. The van der Waals surface area contributed by atoms with E-state index in [9.17, 15) is 14.0 Å². The Morgan fingerprint density at radius 1 is 1.33 bits per heavy atom. The van der Waals surface area contributed by atoms with Crippen LogP contribution in [0.25, 0.3) is 10.9 Å². The third-order valence-corrected chi connectivity index (χ3v) is 3.24. The zero-order chi connectivity index (χ0) is 15.6. The number of carboxylic acids is 1. The Morgan fingerprint density at radius 2 is 2.05 bits per heavy atom. The van der Waals surface area contributed by atoms with Crippen molar-refractivity contribution in [2.24, 2.45) is 0 Å². The van der Waals surface area contributed by atoms with Crippen molar-refractivity contribution in [3.63, 3.8) is 0 Å². The summed E-state index contributed by atoms with van der Waals surface area (Å²) in [4.78, 5) is 25.7. The van der Waals surface area contributed by atoms with Gasteiger partial charge in [-0.2, -0.15) is 0 Å². The van der Waals surface area contributed by atoms with Gasteiger partial charge < -0.3 is 15.4 Å². The molecule has 1 amide bonds. The van der Waals surface area contributed by atoms with Crippen LogP contribution in [0.4, 0.5) is 4.39 Å². The number of aliphatic carboxylic acids is 1. The summed E-state index contributed by atoms with van der Waals surface area (Å²) in [6.07, 6.45) is 0.300. The Labute approximate surface area is 121 Å². The SMILES string of the molecule is CC(C)(CCC(=O)O)NC(=O)c1cc2cc(F)ccc2[nH]1. The number of H-pyrrole nitrogens is 1. The molecule has 0 spiro atoms. The van der Waals surface area contributed by atoms with Crippen LogP contribution < -0.4 is 5.32 Å². The second-order valence-corrected chi connectivity index (χ2v) is 5.65. The van der Waals surface area contributed by atoms with Crippen LogP contribution in [-0.2, 0) is 4.79 Å². The molecule has 1 aromatic carbocycles. The minimum atomic E-state index is -0.904. The molecule has 1 aromatic heterocycles. The predicted octanol–water partition coefficient (Wildman–Crippen LogP) is 2.68. The summed E-state index contributed by atoms with van der Waals surface area (Å²) >= 11 is 0. The molecular formula is C15H17FN2O3. The summed E-state index contributed by atoms with van der Waals surface area (Å²) in [5.74, 6) is -1.62. The third-order valence-electron chi connectivity index (χ3n) is 3.24. The minimum Gasteiger partial charge on any atom is -0.481 e. The summed E-state index contributed by atoms with van der Waals surface area (Å²) < 4.78 is 13.1. The first-order valence-corrected chi connectivity index (χ1v) is 6.59. The van der Waals surface area contributed by atoms with E-state index in [4.69, 9.17) is 5.11 Å². The predicted molar refractivity (Wildman–Crippen MR) is 76.7 cm³/mol. The van der Waals surface area contributed by atoms with E-state index in [0.717, 1.165) is 0 Å². The van der Waals surface area contributed by atoms with Crippen LogP contribution in [0.3, 0.4) is 0 Å². The van der Waals surface area contributed by atoms with Gasteiger partial charge in [0.2, 0.25) is 0 Å². The van der Waals surface area contributed by atoms with Crippen molar-refractivity contribution in [2.45, 2.75) is 32.2 Å². The van der Waals surface area contributed by atoms with Gasteiger partial charge in [0.25, 0.3) is 5.91 Å². The molecular weight excluding hydrogens is 275 g/mol. The average Bonchev–Trinajstić information content (AvgIpc) is 2.79. The highest BCUT2D eigenvalue weighted by atomic mass is 19.1. The molecule has 0 radical (unpaired) electrons. The summed E-state index contributed by atoms with van der Waals surface area (Å²) in [6.45, 7) is 3.52. The first kappa shape index (κ1) is 15.0. The Kier molecular flexibility index (Phi) is 3.97. The second-order valence-electron chi connectivity index (χ2n) is 5.65. The fourth-order valence-corrected chi connectivity index (χ4v) is 2.08. The van der Waals surface area contributed by atoms with Crippen LogP contribution in [0, 0.1) is 5.82 Å². The zero-order valence-corrected chi connectivity index (χ0v) is 11.9. The number of hydrogen-bond acceptors (Lipinski definition) is 2. The normalized spacial score (nSPS) is 11.6. The molecule has 2 rings (SSSR count). The number of aromatic nitrogens is 1. The van der Waals surface area contributed by atoms with E-state index < -0.39 is 11.5 Å². The smallest absolute Gasteiger partial charge is 0.303 e. The fourth-order valence-electron chi connectivity index (χ4n) is 2.08. The van der Waals surface area contributed by atoms with E-state index in [1.54, 1.807) is 26.0 Å². The second kappa shape index (κ2) is 5.55. The number of fused-ring (bicyclic) bond motifs is 1. The monoisotopic (exact) mass is 292 g/mol. The van der Waals surface area contributed by atoms with E-state index in [1.165, 1.54) is 12.1 Å². The quantitative estimate of drug-likeness (QED) is 0.792. The molecule has 0 saturated carbocycles. The van der Waals surface area contributed by atoms with Gasteiger partial charge in [-0.3, -0.25) is 9.59 Å². The van der Waals surface area contributed by atoms with Gasteiger partial charge in [0.05, 0.1) is 0 Å². The Balaban J connectivity index is 2.12. The lowest BCUT2D eigenvalue weighted by molar-refractivity contribution is -0.137. The molecule has 0 atom stereocenters. The number of carbonyl (C=O) groups is 2. The maximum atomic E-state index is 13.1. The number of aromatic amines is 1. The molecule has 0 aliphatic heterocycles. The Hall–Kier alpha value is -2.37. The highest BCUT2D eigenvalue weighted by Gasteiger charge is 2.23. The number of carboxylic acid groups (broad SMARTS) is 1. The number of rotatable bonds is 5. The summed E-state index contributed by atoms with van der Waals surface area (Å²) in [7, 11) is 0. The van der Waals surface area contributed by atoms with Gasteiger partial charge in [-0.1, -0.05) is 0 Å². The number of nitrogens with one attached hydrogen (secondary N) is 2. The van der Waals surface area contributed by atoms with Crippen LogP contribution in [0.2, 0.25) is 0 Å². The van der Waals surface area contributed by atoms with Crippen molar-refractivity contribution < 1.29 is 19.1 Å². The number of benzene rings is 1. The molecule has 0 aliphatic rings. The fraction of sp³-hybridized carbons (Fsp3) is 0.333. The molecule has 0 aliphatic carbocycles. The van der Waals surface area contributed by atoms with Crippen LogP contribution in [0.1, 0.15) is 37.2 Å². The molecule has 112 valence electrons. The van der Waals surface area contributed by atoms with E-state index in [-0.39, 0.29) is 18.1 Å². The van der Waals surface area contributed by atoms with Crippen molar-refractivity contribution >= 4 is 22.8 Å². The molecule has 21 heavy (non-hydrogen) atoms. The van der Waals surface area contributed by atoms with Gasteiger partial charge in [0.15, 0.2) is 0 Å². The van der Waals surface area contributed by atoms with E-state index >= 15 is 0 Å². The minimum absolute atomic E-state index is 0.0226. The number of hydrogen-bond donors (Lipinski definition) is 3. The molecule has 0 bridgehead atoms. The standard InChI is InChI=1S/C15H17FN2O3/c1-15(2,6-5-13(19)20)18-14(21)12-8-9-7-10(16)3-4-11(9)17-12/h3-4,7-8,17H,5-6H2,1-2H3,(H,18,21)(H,19,20). The molecule has 0 saturated heterocycles. The van der Waals surface area contributed by atoms with Crippen LogP contribution >= 0.6 is 0 Å². The van der Waals surface area contributed by atoms with Crippen molar-refractivity contribution in [1.29, 1.82) is 0 Å². The molecule has 0 unspecified atom stereocenters. The Morgan fingerprint density at radius 3 is 2.71 bits per heavy atom. The van der Waals surface area contributed by atoms with Crippen molar-refractivity contribution in [2.75, 3.05) is 0 Å². The molecule has 0 fully saturated rings. The largest absolute Gasteiger partial charge is 0.481 e. The van der Waals surface area contributed by atoms with Gasteiger partial charge in [-0.05, 0) is 44.5 Å². The van der Waals surface area contributed by atoms with Crippen molar-refractivity contribution in [3.8, 4) is 0 Å². The number of amides is 1. The van der Waals surface area contributed by atoms with E-state index in [2.05, 4.69) is 10.3 Å². The van der Waals surface area contributed by atoms with Gasteiger partial charge in [0.1, 0.15) is 11.5 Å². The highest BCUT2D eigenvalue weighted by Crippen LogP contribution is 2.18. The molecule has 6 heteroatoms. The third kappa shape index (κ3) is 3.81. The number of carbonyl (C=O) groups excluding carboxylic acids is 1. The molecule has 2 aromatic rings. The lowest BCUT2D eigenvalue weighted by Crippen LogP contribution is -2.43. The van der Waals surface area contributed by atoms with E-state index in [1.807, 2.05) is 0 Å². The van der Waals surface area contributed by atoms with E-state index in [0.29, 0.717) is 23.0 Å². The lowest BCUT2D eigenvalue weighted by Gasteiger charge is -2.25. The molecule has 5 nitrogen and oxygen atoms in total. The van der Waals surface area contributed by atoms with Crippen LogP contribution in [0.15, 0.2) is 24.3 Å². The van der Waals surface area contributed by atoms with Gasteiger partial charge in [-0.25, -0.2) is 4.39 Å². The van der Waals surface area contributed by atoms with Crippen molar-refractivity contribution in [3.05, 3.63) is 35.8 Å². The van der Waals surface area contributed by atoms with Gasteiger partial charge in [-0.15, -0.1) is 0 Å². The van der Waals surface area contributed by atoms with Crippen molar-refractivity contribution in [1.82, 2.24) is 10.3 Å². The first-order valence-electron chi connectivity index (χ1n) is 6.59. The zero-order valence-electron chi connectivity index (χ0n) is 11.9. The highest BCUT2D eigenvalue weighted by molar-refractivity contribution is 5.98. The number of halogens is 1. The maximum absolute atomic E-state index is 13.1. The summed E-state index contributed by atoms with van der Waals surface area (Å²) in [6, 6.07) is 5.80. The summed E-state index contributed by atoms with van der Waals surface area (Å²) in [5, 5.41) is 12.1.